The summed E-state index contributed by atoms with van der Waals surface area (Å²) in [5.74, 6) is 1.08. The molecule has 0 radical (unpaired) electrons. The molecule has 5 aromatic rings. The second-order valence-electron chi connectivity index (χ2n) is 9.90. The molecular weight excluding hydrogens is 509 g/mol. The lowest BCUT2D eigenvalue weighted by molar-refractivity contribution is 0.199. The summed E-state index contributed by atoms with van der Waals surface area (Å²) in [5, 5.41) is 13.7. The van der Waals surface area contributed by atoms with Crippen LogP contribution in [0.1, 0.15) is 23.0 Å². The monoisotopic (exact) mass is 539 g/mol. The second-order valence-corrected chi connectivity index (χ2v) is 9.90. The average Bonchev–Trinajstić information content (AvgIpc) is 3.45. The van der Waals surface area contributed by atoms with Gasteiger partial charge in [0.05, 0.1) is 7.11 Å². The van der Waals surface area contributed by atoms with Gasteiger partial charge in [0.1, 0.15) is 17.6 Å². The van der Waals surface area contributed by atoms with Crippen molar-refractivity contribution in [2.24, 2.45) is 0 Å². The van der Waals surface area contributed by atoms with Gasteiger partial charge in [-0.25, -0.2) is 9.07 Å². The van der Waals surface area contributed by atoms with Crippen molar-refractivity contribution < 1.29 is 9.13 Å². The number of nitrogens with zero attached hydrogens (tertiary/aromatic N) is 6. The fourth-order valence-corrected chi connectivity index (χ4v) is 5.37. The molecule has 0 spiro atoms. The molecule has 3 heterocycles. The molecule has 1 aliphatic heterocycles. The zero-order valence-corrected chi connectivity index (χ0v) is 22.2. The fourth-order valence-electron chi connectivity index (χ4n) is 5.37. The first-order chi connectivity index (χ1) is 19.6. The molecule has 9 nitrogen and oxygen atoms in total. The number of rotatable bonds is 8. The summed E-state index contributed by atoms with van der Waals surface area (Å²) in [5.41, 5.74) is 3.29. The number of fused-ring (bicyclic) bond motifs is 1. The summed E-state index contributed by atoms with van der Waals surface area (Å²) in [6.45, 7) is 3.35. The predicted octanol–water partition coefficient (Wildman–Crippen LogP) is 3.82. The Kier molecular flexibility index (Phi) is 7.24. The molecule has 0 bridgehead atoms. The lowest BCUT2D eigenvalue weighted by Crippen LogP contribution is -2.49. The molecular formula is C30H30FN7O2. The highest BCUT2D eigenvalue weighted by Gasteiger charge is 2.32. The Morgan fingerprint density at radius 1 is 0.975 bits per heavy atom. The number of H-pyrrole nitrogens is 1. The Morgan fingerprint density at radius 2 is 1.75 bits per heavy atom. The Balaban J connectivity index is 1.35. The molecule has 0 aliphatic carbocycles. The standard InChI is InChI=1S/C30H30FN7O2/c1-40-25-11-12-27-22(19-25)20-26(30(39)32-27)28(29-33-34-35-38(29)14-13-21-5-3-2-4-6-21)37-17-15-36(16-18-37)24-9-7-23(31)8-10-24/h2-12,19-20,28H,13-18H2,1H3,(H,32,39)/t28-/m0/s1. The highest BCUT2D eigenvalue weighted by Crippen LogP contribution is 2.30. The minimum absolute atomic E-state index is 0.179. The van der Waals surface area contributed by atoms with Gasteiger partial charge in [-0.05, 0) is 70.9 Å². The Morgan fingerprint density at radius 3 is 2.50 bits per heavy atom. The summed E-state index contributed by atoms with van der Waals surface area (Å²) in [6, 6.07) is 23.8. The number of hydrogen-bond donors (Lipinski definition) is 1. The topological polar surface area (TPSA) is 92.2 Å². The van der Waals surface area contributed by atoms with Gasteiger partial charge in [0.2, 0.25) is 0 Å². The first kappa shape index (κ1) is 25.7. The first-order valence-corrected chi connectivity index (χ1v) is 13.3. The second kappa shape index (κ2) is 11.3. The summed E-state index contributed by atoms with van der Waals surface area (Å²) in [7, 11) is 1.62. The predicted molar refractivity (Wildman–Crippen MR) is 151 cm³/mol. The molecule has 1 aliphatic rings. The van der Waals surface area contributed by atoms with Crippen molar-refractivity contribution in [1.29, 1.82) is 0 Å². The molecule has 2 aromatic heterocycles. The number of ether oxygens (including phenoxy) is 1. The highest BCUT2D eigenvalue weighted by atomic mass is 19.1. The summed E-state index contributed by atoms with van der Waals surface area (Å²) in [6.07, 6.45) is 0.759. The molecule has 6 rings (SSSR count). The maximum Gasteiger partial charge on any atom is 0.253 e. The molecule has 3 aromatic carbocycles. The number of piperazine rings is 1. The molecule has 40 heavy (non-hydrogen) atoms. The van der Waals surface area contributed by atoms with Gasteiger partial charge in [0, 0.05) is 54.9 Å². The maximum absolute atomic E-state index is 13.5. The van der Waals surface area contributed by atoms with Gasteiger partial charge in [0.15, 0.2) is 5.82 Å². The van der Waals surface area contributed by atoms with E-state index in [1.807, 2.05) is 42.5 Å². The van der Waals surface area contributed by atoms with E-state index in [1.165, 1.54) is 17.7 Å². The summed E-state index contributed by atoms with van der Waals surface area (Å²) >= 11 is 0. The number of halogens is 1. The van der Waals surface area contributed by atoms with E-state index in [1.54, 1.807) is 23.9 Å². The smallest absolute Gasteiger partial charge is 0.253 e. The van der Waals surface area contributed by atoms with Crippen LogP contribution in [0, 0.1) is 5.82 Å². The van der Waals surface area contributed by atoms with E-state index < -0.39 is 6.04 Å². The fraction of sp³-hybridized carbons (Fsp3) is 0.267. The van der Waals surface area contributed by atoms with Crippen LogP contribution in [0.15, 0.2) is 83.7 Å². The number of aromatic nitrogens is 5. The number of hydrogen-bond acceptors (Lipinski definition) is 7. The lowest BCUT2D eigenvalue weighted by Gasteiger charge is -2.39. The van der Waals surface area contributed by atoms with Crippen LogP contribution in [0.2, 0.25) is 0 Å². The minimum Gasteiger partial charge on any atom is -0.497 e. The maximum atomic E-state index is 13.5. The first-order valence-electron chi connectivity index (χ1n) is 13.3. The van der Waals surface area contributed by atoms with Crippen LogP contribution in [0.5, 0.6) is 5.75 Å². The van der Waals surface area contributed by atoms with Crippen LogP contribution in [-0.2, 0) is 13.0 Å². The number of tetrazole rings is 1. The van der Waals surface area contributed by atoms with E-state index in [0.717, 1.165) is 23.0 Å². The minimum atomic E-state index is -0.458. The van der Waals surface area contributed by atoms with Gasteiger partial charge in [-0.3, -0.25) is 9.69 Å². The van der Waals surface area contributed by atoms with Crippen molar-refractivity contribution in [1.82, 2.24) is 30.1 Å². The van der Waals surface area contributed by atoms with E-state index in [-0.39, 0.29) is 11.4 Å². The van der Waals surface area contributed by atoms with Crippen LogP contribution in [-0.4, -0.2) is 63.4 Å². The van der Waals surface area contributed by atoms with Crippen molar-refractivity contribution in [3.63, 3.8) is 0 Å². The Hall–Kier alpha value is -4.57. The molecule has 1 atom stereocenters. The summed E-state index contributed by atoms with van der Waals surface area (Å²) < 4.78 is 20.7. The number of aromatic amines is 1. The van der Waals surface area contributed by atoms with E-state index in [2.05, 4.69) is 42.4 Å². The van der Waals surface area contributed by atoms with Gasteiger partial charge in [0.25, 0.3) is 5.56 Å². The molecule has 204 valence electrons. The van der Waals surface area contributed by atoms with Gasteiger partial charge in [-0.2, -0.15) is 0 Å². The van der Waals surface area contributed by atoms with E-state index in [9.17, 15) is 9.18 Å². The molecule has 0 unspecified atom stereocenters. The normalized spacial score (nSPS) is 14.9. The Labute approximate surface area is 230 Å². The number of anilines is 1. The summed E-state index contributed by atoms with van der Waals surface area (Å²) in [4.78, 5) is 21.1. The zero-order chi connectivity index (χ0) is 27.5. The van der Waals surface area contributed by atoms with E-state index >= 15 is 0 Å². The van der Waals surface area contributed by atoms with Crippen LogP contribution in [0.3, 0.4) is 0 Å². The third-order valence-electron chi connectivity index (χ3n) is 7.51. The van der Waals surface area contributed by atoms with E-state index in [4.69, 9.17) is 4.74 Å². The largest absolute Gasteiger partial charge is 0.497 e. The van der Waals surface area contributed by atoms with Gasteiger partial charge >= 0.3 is 0 Å². The van der Waals surface area contributed by atoms with Gasteiger partial charge in [-0.1, -0.05) is 30.3 Å². The van der Waals surface area contributed by atoms with Crippen LogP contribution in [0.25, 0.3) is 10.9 Å². The number of methoxy groups -OCH3 is 1. The number of benzene rings is 3. The van der Waals surface area contributed by atoms with Crippen molar-refractivity contribution in [2.45, 2.75) is 19.0 Å². The molecule has 1 fully saturated rings. The number of nitrogens with one attached hydrogen (secondary N) is 1. The number of aryl methyl sites for hydroxylation is 2. The average molecular weight is 540 g/mol. The zero-order valence-electron chi connectivity index (χ0n) is 22.2. The molecule has 10 heteroatoms. The molecule has 1 saturated heterocycles. The lowest BCUT2D eigenvalue weighted by atomic mass is 10.0. The molecule has 0 amide bonds. The SMILES string of the molecule is COc1ccc2[nH]c(=O)c([C@@H](c3nnnn3CCc3ccccc3)N3CCN(c4ccc(F)cc4)CC3)cc2c1. The van der Waals surface area contributed by atoms with Crippen molar-refractivity contribution in [3.05, 3.63) is 112 Å². The van der Waals surface area contributed by atoms with Crippen LogP contribution in [0.4, 0.5) is 10.1 Å². The van der Waals surface area contributed by atoms with Gasteiger partial charge in [-0.15, -0.1) is 5.10 Å². The third-order valence-corrected chi connectivity index (χ3v) is 7.51. The van der Waals surface area contributed by atoms with Crippen LogP contribution < -0.4 is 15.2 Å². The van der Waals surface area contributed by atoms with Crippen molar-refractivity contribution in [2.75, 3.05) is 38.2 Å². The molecule has 0 saturated carbocycles. The Bertz CT molecular complexity index is 1640. The van der Waals surface area contributed by atoms with Crippen molar-refractivity contribution >= 4 is 16.6 Å². The third kappa shape index (κ3) is 5.30. The highest BCUT2D eigenvalue weighted by molar-refractivity contribution is 5.80. The van der Waals surface area contributed by atoms with Crippen molar-refractivity contribution in [3.8, 4) is 5.75 Å². The molecule has 1 N–H and O–H groups in total. The van der Waals surface area contributed by atoms with Gasteiger partial charge < -0.3 is 14.6 Å². The van der Waals surface area contributed by atoms with Crippen LogP contribution >= 0.6 is 0 Å². The number of pyridine rings is 1. The van der Waals surface area contributed by atoms with E-state index in [0.29, 0.717) is 49.9 Å². The quantitative estimate of drug-likeness (QED) is 0.321.